The lowest BCUT2D eigenvalue weighted by Crippen LogP contribution is -2.48. The van der Waals surface area contributed by atoms with E-state index in [4.69, 9.17) is 14.2 Å². The summed E-state index contributed by atoms with van der Waals surface area (Å²) in [5.74, 6) is 2.42. The summed E-state index contributed by atoms with van der Waals surface area (Å²) in [7, 11) is 3.32. The lowest BCUT2D eigenvalue weighted by atomic mass is 10.2. The number of hydrogen-bond donors (Lipinski definition) is 1. The van der Waals surface area contributed by atoms with Gasteiger partial charge in [0, 0.05) is 39.3 Å². The van der Waals surface area contributed by atoms with Crippen LogP contribution in [0.3, 0.4) is 0 Å². The number of benzene rings is 2. The molecule has 1 saturated heterocycles. The van der Waals surface area contributed by atoms with Crippen molar-refractivity contribution in [3.8, 4) is 17.2 Å². The minimum atomic E-state index is -0.504. The molecule has 1 atom stereocenters. The number of rotatable bonds is 9. The van der Waals surface area contributed by atoms with Gasteiger partial charge in [-0.3, -0.25) is 9.80 Å². The Morgan fingerprint density at radius 2 is 1.29 bits per heavy atom. The summed E-state index contributed by atoms with van der Waals surface area (Å²) in [6.45, 7) is 5.77. The van der Waals surface area contributed by atoms with Crippen LogP contribution in [0, 0.1) is 0 Å². The zero-order chi connectivity index (χ0) is 19.8. The van der Waals surface area contributed by atoms with Gasteiger partial charge in [0.05, 0.1) is 14.2 Å². The van der Waals surface area contributed by atoms with Crippen molar-refractivity contribution in [2.45, 2.75) is 12.6 Å². The summed E-state index contributed by atoms with van der Waals surface area (Å²) in [6, 6.07) is 15.6. The average molecular weight is 386 g/mol. The minimum Gasteiger partial charge on any atom is -0.497 e. The standard InChI is InChI=1S/C22H30N2O4/c1-26-20-5-3-18(4-6-20)15-23-11-13-24(14-12-23)16-19(25)17-28-22-9-7-21(27-2)8-10-22/h3-10,19,25H,11-17H2,1-2H3. The highest BCUT2D eigenvalue weighted by atomic mass is 16.5. The minimum absolute atomic E-state index is 0.290. The molecule has 2 aromatic carbocycles. The van der Waals surface area contributed by atoms with Crippen LogP contribution in [0.2, 0.25) is 0 Å². The van der Waals surface area contributed by atoms with Gasteiger partial charge in [-0.25, -0.2) is 0 Å². The third-order valence-corrected chi connectivity index (χ3v) is 5.00. The van der Waals surface area contributed by atoms with Crippen LogP contribution >= 0.6 is 0 Å². The van der Waals surface area contributed by atoms with Gasteiger partial charge in [0.25, 0.3) is 0 Å². The SMILES string of the molecule is COc1ccc(CN2CCN(CC(O)COc3ccc(OC)cc3)CC2)cc1. The summed E-state index contributed by atoms with van der Waals surface area (Å²) >= 11 is 0. The van der Waals surface area contributed by atoms with E-state index in [0.717, 1.165) is 50.0 Å². The molecule has 1 N–H and O–H groups in total. The second-order valence-corrected chi connectivity index (χ2v) is 7.07. The predicted molar refractivity (Wildman–Crippen MR) is 109 cm³/mol. The molecule has 1 aliphatic heterocycles. The second kappa shape index (κ2) is 10.3. The summed E-state index contributed by atoms with van der Waals surface area (Å²) in [6.07, 6.45) is -0.504. The smallest absolute Gasteiger partial charge is 0.119 e. The van der Waals surface area contributed by atoms with Crippen LogP contribution in [0.5, 0.6) is 17.2 Å². The molecule has 2 aromatic rings. The molecule has 0 amide bonds. The monoisotopic (exact) mass is 386 g/mol. The highest BCUT2D eigenvalue weighted by Gasteiger charge is 2.19. The van der Waals surface area contributed by atoms with Gasteiger partial charge < -0.3 is 19.3 Å². The van der Waals surface area contributed by atoms with E-state index >= 15 is 0 Å². The molecular weight excluding hydrogens is 356 g/mol. The molecule has 6 nitrogen and oxygen atoms in total. The number of aliphatic hydroxyl groups excluding tert-OH is 1. The largest absolute Gasteiger partial charge is 0.497 e. The zero-order valence-electron chi connectivity index (χ0n) is 16.7. The maximum Gasteiger partial charge on any atom is 0.119 e. The van der Waals surface area contributed by atoms with Gasteiger partial charge in [-0.15, -0.1) is 0 Å². The van der Waals surface area contributed by atoms with Gasteiger partial charge in [-0.1, -0.05) is 12.1 Å². The molecule has 0 aliphatic carbocycles. The van der Waals surface area contributed by atoms with Crippen molar-refractivity contribution in [1.82, 2.24) is 9.80 Å². The molecule has 28 heavy (non-hydrogen) atoms. The first-order chi connectivity index (χ1) is 13.7. The van der Waals surface area contributed by atoms with Crippen molar-refractivity contribution >= 4 is 0 Å². The Morgan fingerprint density at radius 1 is 0.786 bits per heavy atom. The Bertz CT molecular complexity index is 697. The molecule has 0 aromatic heterocycles. The van der Waals surface area contributed by atoms with Crippen LogP contribution in [0.25, 0.3) is 0 Å². The normalized spacial score (nSPS) is 16.5. The van der Waals surface area contributed by atoms with Gasteiger partial charge in [0.15, 0.2) is 0 Å². The Kier molecular flexibility index (Phi) is 7.54. The van der Waals surface area contributed by atoms with Gasteiger partial charge in [0.1, 0.15) is 30.0 Å². The van der Waals surface area contributed by atoms with Crippen molar-refractivity contribution in [3.05, 3.63) is 54.1 Å². The predicted octanol–water partition coefficient (Wildman–Crippen LogP) is 2.26. The number of hydrogen-bond acceptors (Lipinski definition) is 6. The van der Waals surface area contributed by atoms with Crippen LogP contribution in [0.15, 0.2) is 48.5 Å². The maximum absolute atomic E-state index is 10.3. The molecule has 0 spiro atoms. The van der Waals surface area contributed by atoms with Crippen LogP contribution in [-0.4, -0.2) is 74.6 Å². The van der Waals surface area contributed by atoms with E-state index in [-0.39, 0.29) is 0 Å². The summed E-state index contributed by atoms with van der Waals surface area (Å²) < 4.78 is 16.0. The van der Waals surface area contributed by atoms with Crippen LogP contribution in [-0.2, 0) is 6.54 Å². The number of methoxy groups -OCH3 is 2. The van der Waals surface area contributed by atoms with Gasteiger partial charge in [-0.2, -0.15) is 0 Å². The molecule has 3 rings (SSSR count). The summed E-state index contributed by atoms with van der Waals surface area (Å²) in [4.78, 5) is 4.74. The fourth-order valence-electron chi connectivity index (χ4n) is 3.33. The van der Waals surface area contributed by atoms with E-state index in [1.54, 1.807) is 14.2 Å². The van der Waals surface area contributed by atoms with E-state index in [0.29, 0.717) is 13.2 Å². The molecule has 6 heteroatoms. The maximum atomic E-state index is 10.3. The fourth-order valence-corrected chi connectivity index (χ4v) is 3.33. The molecule has 1 unspecified atom stereocenters. The van der Waals surface area contributed by atoms with Crippen molar-refractivity contribution in [3.63, 3.8) is 0 Å². The summed E-state index contributed by atoms with van der Waals surface area (Å²) in [5, 5.41) is 10.3. The van der Waals surface area contributed by atoms with Gasteiger partial charge >= 0.3 is 0 Å². The highest BCUT2D eigenvalue weighted by molar-refractivity contribution is 5.31. The molecule has 0 radical (unpaired) electrons. The number of piperazine rings is 1. The van der Waals surface area contributed by atoms with Gasteiger partial charge in [0.2, 0.25) is 0 Å². The quantitative estimate of drug-likeness (QED) is 0.714. The molecule has 1 fully saturated rings. The van der Waals surface area contributed by atoms with E-state index in [2.05, 4.69) is 21.9 Å². The van der Waals surface area contributed by atoms with Crippen LogP contribution in [0.1, 0.15) is 5.56 Å². The Labute approximate surface area is 167 Å². The first-order valence-corrected chi connectivity index (χ1v) is 9.69. The highest BCUT2D eigenvalue weighted by Crippen LogP contribution is 2.17. The topological polar surface area (TPSA) is 54.4 Å². The lowest BCUT2D eigenvalue weighted by Gasteiger charge is -2.35. The van der Waals surface area contributed by atoms with E-state index in [1.807, 2.05) is 36.4 Å². The molecular formula is C22H30N2O4. The third-order valence-electron chi connectivity index (χ3n) is 5.00. The number of β-amino-alcohol motifs (C(OH)–C–C–N with tert-alkyl or cyclic N) is 1. The fraction of sp³-hybridized carbons (Fsp3) is 0.455. The molecule has 1 heterocycles. The molecule has 0 saturated carbocycles. The molecule has 1 aliphatic rings. The summed E-state index contributed by atoms with van der Waals surface area (Å²) in [5.41, 5.74) is 1.29. The second-order valence-electron chi connectivity index (χ2n) is 7.07. The van der Waals surface area contributed by atoms with E-state index in [9.17, 15) is 5.11 Å². The van der Waals surface area contributed by atoms with Crippen LogP contribution in [0.4, 0.5) is 0 Å². The first kappa shape index (κ1) is 20.5. The van der Waals surface area contributed by atoms with E-state index < -0.39 is 6.10 Å². The molecule has 152 valence electrons. The van der Waals surface area contributed by atoms with Crippen molar-refractivity contribution in [2.75, 3.05) is 53.6 Å². The average Bonchev–Trinajstić information content (AvgIpc) is 2.74. The Morgan fingerprint density at radius 3 is 1.86 bits per heavy atom. The third kappa shape index (κ3) is 6.12. The van der Waals surface area contributed by atoms with Crippen molar-refractivity contribution < 1.29 is 19.3 Å². The Balaban J connectivity index is 1.35. The Hall–Kier alpha value is -2.28. The zero-order valence-corrected chi connectivity index (χ0v) is 16.7. The van der Waals surface area contributed by atoms with Gasteiger partial charge in [-0.05, 0) is 42.0 Å². The number of ether oxygens (including phenoxy) is 3. The van der Waals surface area contributed by atoms with E-state index in [1.165, 1.54) is 5.56 Å². The number of aliphatic hydroxyl groups is 1. The molecule has 0 bridgehead atoms. The van der Waals surface area contributed by atoms with Crippen molar-refractivity contribution in [1.29, 1.82) is 0 Å². The first-order valence-electron chi connectivity index (χ1n) is 9.69. The number of nitrogens with zero attached hydrogens (tertiary/aromatic N) is 2. The lowest BCUT2D eigenvalue weighted by molar-refractivity contribution is 0.0446. The van der Waals surface area contributed by atoms with Crippen LogP contribution < -0.4 is 14.2 Å². The van der Waals surface area contributed by atoms with Crippen molar-refractivity contribution in [2.24, 2.45) is 0 Å².